The van der Waals surface area contributed by atoms with E-state index in [0.29, 0.717) is 0 Å². The molecular formula is C7H14. The smallest absolute Gasteiger partial charge is 0.0290 e. The second-order valence-electron chi connectivity index (χ2n) is 2.08. The van der Waals surface area contributed by atoms with Crippen LogP contribution in [0.4, 0.5) is 0 Å². The molecule has 0 aliphatic rings. The zero-order valence-corrected chi connectivity index (χ0v) is 5.44. The molecule has 0 saturated carbocycles. The second kappa shape index (κ2) is 3.91. The van der Waals surface area contributed by atoms with Crippen molar-refractivity contribution in [3.05, 3.63) is 12.2 Å². The standard InChI is InChI=1S/C7H14/c1-4-5-6-7(2)3/h5-7H,4H2,1-3H3/b6-5-. The van der Waals surface area contributed by atoms with Crippen molar-refractivity contribution in [2.75, 3.05) is 0 Å². The van der Waals surface area contributed by atoms with Gasteiger partial charge in [0.05, 0.1) is 0 Å². The third-order valence-corrected chi connectivity index (χ3v) is 0.757. The third kappa shape index (κ3) is 5.74. The molecule has 0 rings (SSSR count). The molecule has 0 radical (unpaired) electrons. The zero-order chi connectivity index (χ0) is 5.70. The number of hydrogen-bond donors (Lipinski definition) is 0. The Morgan fingerprint density at radius 1 is 1.43 bits per heavy atom. The summed E-state index contributed by atoms with van der Waals surface area (Å²) in [6.45, 7) is 6.52. The van der Waals surface area contributed by atoms with Crippen LogP contribution in [0.25, 0.3) is 0 Å². The van der Waals surface area contributed by atoms with E-state index < -0.39 is 0 Å². The summed E-state index contributed by atoms with van der Waals surface area (Å²) in [5.41, 5.74) is 0. The summed E-state index contributed by atoms with van der Waals surface area (Å²) in [6.07, 6.45) is 5.59. The topological polar surface area (TPSA) is 0 Å². The molecule has 0 unspecified atom stereocenters. The average Bonchev–Trinajstić information content (AvgIpc) is 1.61. The minimum Gasteiger partial charge on any atom is -0.0886 e. The molecule has 0 atom stereocenters. The van der Waals surface area contributed by atoms with Crippen molar-refractivity contribution in [1.29, 1.82) is 0 Å². The van der Waals surface area contributed by atoms with Gasteiger partial charge in [0.1, 0.15) is 0 Å². The van der Waals surface area contributed by atoms with Crippen molar-refractivity contribution in [2.45, 2.75) is 27.2 Å². The van der Waals surface area contributed by atoms with Gasteiger partial charge in [-0.2, -0.15) is 0 Å². The zero-order valence-electron chi connectivity index (χ0n) is 5.44. The highest BCUT2D eigenvalue weighted by Gasteiger charge is 1.78. The summed E-state index contributed by atoms with van der Waals surface area (Å²) in [5.74, 6) is 0.722. The Morgan fingerprint density at radius 3 is 2.14 bits per heavy atom. The molecular weight excluding hydrogens is 84.1 g/mol. The van der Waals surface area contributed by atoms with Crippen molar-refractivity contribution < 1.29 is 0 Å². The summed E-state index contributed by atoms with van der Waals surface area (Å²) in [5, 5.41) is 0. The lowest BCUT2D eigenvalue weighted by Gasteiger charge is -1.88. The number of hydrogen-bond acceptors (Lipinski definition) is 0. The van der Waals surface area contributed by atoms with Crippen molar-refractivity contribution in [3.8, 4) is 0 Å². The highest BCUT2D eigenvalue weighted by Crippen LogP contribution is 1.93. The van der Waals surface area contributed by atoms with Crippen LogP contribution < -0.4 is 0 Å². The van der Waals surface area contributed by atoms with Gasteiger partial charge in [0.25, 0.3) is 0 Å². The molecule has 0 N–H and O–H groups in total. The molecule has 0 amide bonds. The van der Waals surface area contributed by atoms with E-state index in [4.69, 9.17) is 0 Å². The highest BCUT2D eigenvalue weighted by atomic mass is 13.8. The molecule has 0 aromatic carbocycles. The molecule has 0 aromatic rings. The van der Waals surface area contributed by atoms with Crippen LogP contribution in [0.3, 0.4) is 0 Å². The van der Waals surface area contributed by atoms with E-state index in [0.717, 1.165) is 12.3 Å². The van der Waals surface area contributed by atoms with E-state index in [2.05, 4.69) is 32.9 Å². The largest absolute Gasteiger partial charge is 0.0886 e. The Kier molecular flexibility index (Phi) is 3.77. The Labute approximate surface area is 46.2 Å². The van der Waals surface area contributed by atoms with E-state index in [-0.39, 0.29) is 0 Å². The van der Waals surface area contributed by atoms with Crippen LogP contribution >= 0.6 is 0 Å². The van der Waals surface area contributed by atoms with E-state index in [1.165, 1.54) is 0 Å². The second-order valence-corrected chi connectivity index (χ2v) is 2.08. The number of rotatable bonds is 2. The predicted octanol–water partition coefficient (Wildman–Crippen LogP) is 2.61. The van der Waals surface area contributed by atoms with Gasteiger partial charge in [-0.3, -0.25) is 0 Å². The lowest BCUT2D eigenvalue weighted by molar-refractivity contribution is 0.826. The first-order chi connectivity index (χ1) is 3.27. The highest BCUT2D eigenvalue weighted by molar-refractivity contribution is 4.82. The van der Waals surface area contributed by atoms with Gasteiger partial charge < -0.3 is 0 Å². The van der Waals surface area contributed by atoms with Gasteiger partial charge in [0, 0.05) is 0 Å². The molecule has 0 bridgehead atoms. The molecule has 0 nitrogen and oxygen atoms in total. The third-order valence-electron chi connectivity index (χ3n) is 0.757. The van der Waals surface area contributed by atoms with Crippen LogP contribution in [-0.2, 0) is 0 Å². The van der Waals surface area contributed by atoms with Crippen molar-refractivity contribution in [1.82, 2.24) is 0 Å². The normalized spacial score (nSPS) is 11.4. The quantitative estimate of drug-likeness (QED) is 0.466. The summed E-state index contributed by atoms with van der Waals surface area (Å²) in [7, 11) is 0. The van der Waals surface area contributed by atoms with E-state index in [1.807, 2.05) is 0 Å². The van der Waals surface area contributed by atoms with Crippen LogP contribution in [-0.4, -0.2) is 0 Å². The molecule has 0 aliphatic carbocycles. The summed E-state index contributed by atoms with van der Waals surface area (Å²) in [4.78, 5) is 0. The Balaban J connectivity index is 3.08. The minimum atomic E-state index is 0.722. The maximum Gasteiger partial charge on any atom is -0.0290 e. The van der Waals surface area contributed by atoms with Gasteiger partial charge in [-0.1, -0.05) is 32.9 Å². The van der Waals surface area contributed by atoms with Gasteiger partial charge in [-0.25, -0.2) is 0 Å². The number of allylic oxidation sites excluding steroid dienone is 2. The maximum atomic E-state index is 2.22. The molecule has 42 valence electrons. The molecule has 0 fully saturated rings. The fourth-order valence-electron chi connectivity index (χ4n) is 0.408. The van der Waals surface area contributed by atoms with Crippen LogP contribution in [0.15, 0.2) is 12.2 Å². The minimum absolute atomic E-state index is 0.722. The summed E-state index contributed by atoms with van der Waals surface area (Å²) < 4.78 is 0. The Morgan fingerprint density at radius 2 is 2.00 bits per heavy atom. The van der Waals surface area contributed by atoms with Crippen molar-refractivity contribution in [3.63, 3.8) is 0 Å². The first kappa shape index (κ1) is 6.74. The first-order valence-corrected chi connectivity index (χ1v) is 2.94. The fourth-order valence-corrected chi connectivity index (χ4v) is 0.408. The summed E-state index contributed by atoms with van der Waals surface area (Å²) >= 11 is 0. The van der Waals surface area contributed by atoms with Gasteiger partial charge >= 0.3 is 0 Å². The molecule has 0 heteroatoms. The van der Waals surface area contributed by atoms with Crippen LogP contribution in [0, 0.1) is 5.92 Å². The van der Waals surface area contributed by atoms with Crippen LogP contribution in [0.5, 0.6) is 0 Å². The fraction of sp³-hybridized carbons (Fsp3) is 0.714. The van der Waals surface area contributed by atoms with Gasteiger partial charge in [0.15, 0.2) is 0 Å². The van der Waals surface area contributed by atoms with Crippen LogP contribution in [0.2, 0.25) is 0 Å². The van der Waals surface area contributed by atoms with Gasteiger partial charge in [0.2, 0.25) is 0 Å². The van der Waals surface area contributed by atoms with E-state index >= 15 is 0 Å². The molecule has 0 heterocycles. The molecule has 0 spiro atoms. The molecule has 0 aliphatic heterocycles. The first-order valence-electron chi connectivity index (χ1n) is 2.94. The van der Waals surface area contributed by atoms with Crippen LogP contribution in [0.1, 0.15) is 27.2 Å². The Hall–Kier alpha value is -0.260. The van der Waals surface area contributed by atoms with E-state index in [1.54, 1.807) is 0 Å². The lowest BCUT2D eigenvalue weighted by Crippen LogP contribution is -1.74. The van der Waals surface area contributed by atoms with Gasteiger partial charge in [-0.05, 0) is 12.3 Å². The monoisotopic (exact) mass is 98.1 g/mol. The Bertz CT molecular complexity index is 51.1. The SMILES string of the molecule is CC/C=C\C(C)C. The van der Waals surface area contributed by atoms with Gasteiger partial charge in [-0.15, -0.1) is 0 Å². The van der Waals surface area contributed by atoms with E-state index in [9.17, 15) is 0 Å². The molecule has 0 saturated heterocycles. The van der Waals surface area contributed by atoms with Crippen molar-refractivity contribution >= 4 is 0 Å². The predicted molar refractivity (Wildman–Crippen MR) is 34.3 cm³/mol. The molecule has 0 aromatic heterocycles. The molecule has 7 heavy (non-hydrogen) atoms. The van der Waals surface area contributed by atoms with Crippen molar-refractivity contribution in [2.24, 2.45) is 5.92 Å². The summed E-state index contributed by atoms with van der Waals surface area (Å²) in [6, 6.07) is 0. The average molecular weight is 98.2 g/mol. The lowest BCUT2D eigenvalue weighted by atomic mass is 10.2. The maximum absolute atomic E-state index is 2.22.